The third-order valence-electron chi connectivity index (χ3n) is 3.83. The molecular formula is C13H16N2OS. The Balaban J connectivity index is 2.15. The van der Waals surface area contributed by atoms with E-state index in [1.807, 2.05) is 11.9 Å². The molecule has 4 heteroatoms. The van der Waals surface area contributed by atoms with Gasteiger partial charge in [-0.25, -0.2) is 0 Å². The molecule has 2 atom stereocenters. The fraction of sp³-hybridized carbons (Fsp3) is 0.462. The maximum absolute atomic E-state index is 6.20. The van der Waals surface area contributed by atoms with Crippen molar-refractivity contribution in [2.45, 2.75) is 32.0 Å². The molecule has 1 aromatic rings. The van der Waals surface area contributed by atoms with Crippen LogP contribution in [0.5, 0.6) is 5.75 Å². The van der Waals surface area contributed by atoms with Gasteiger partial charge in [0.1, 0.15) is 5.75 Å². The molecular weight excluding hydrogens is 232 g/mol. The van der Waals surface area contributed by atoms with Crippen molar-refractivity contribution >= 4 is 17.3 Å². The van der Waals surface area contributed by atoms with Crippen molar-refractivity contribution in [3.8, 4) is 5.75 Å². The summed E-state index contributed by atoms with van der Waals surface area (Å²) in [6.45, 7) is 4.18. The monoisotopic (exact) mass is 248 g/mol. The molecule has 2 aliphatic rings. The van der Waals surface area contributed by atoms with Crippen LogP contribution in [0, 0.1) is 6.92 Å². The van der Waals surface area contributed by atoms with Gasteiger partial charge >= 0.3 is 0 Å². The second kappa shape index (κ2) is 3.35. The largest absolute Gasteiger partial charge is 0.467 e. The van der Waals surface area contributed by atoms with Gasteiger partial charge in [-0.2, -0.15) is 0 Å². The Morgan fingerprint density at radius 1 is 1.53 bits per heavy atom. The van der Waals surface area contributed by atoms with Gasteiger partial charge in [-0.1, -0.05) is 18.2 Å². The Kier molecular flexibility index (Phi) is 2.14. The highest BCUT2D eigenvalue weighted by atomic mass is 32.1. The zero-order chi connectivity index (χ0) is 12.2. The normalized spacial score (nSPS) is 30.4. The van der Waals surface area contributed by atoms with Crippen molar-refractivity contribution in [3.63, 3.8) is 0 Å². The van der Waals surface area contributed by atoms with Crippen molar-refractivity contribution < 1.29 is 4.74 Å². The summed E-state index contributed by atoms with van der Waals surface area (Å²) >= 11 is 5.35. The molecule has 0 aromatic heterocycles. The van der Waals surface area contributed by atoms with E-state index in [2.05, 4.69) is 37.4 Å². The van der Waals surface area contributed by atoms with E-state index >= 15 is 0 Å². The van der Waals surface area contributed by atoms with Crippen LogP contribution in [0.25, 0.3) is 0 Å². The number of ether oxygens (including phenoxy) is 1. The second-order valence-corrected chi connectivity index (χ2v) is 5.42. The van der Waals surface area contributed by atoms with Gasteiger partial charge in [-0.3, -0.25) is 0 Å². The summed E-state index contributed by atoms with van der Waals surface area (Å²) in [6, 6.07) is 6.55. The first-order chi connectivity index (χ1) is 8.01. The third kappa shape index (κ3) is 1.43. The van der Waals surface area contributed by atoms with Crippen LogP contribution in [0.3, 0.4) is 0 Å². The summed E-state index contributed by atoms with van der Waals surface area (Å²) in [5.41, 5.74) is 2.07. The number of thiocarbonyl (C=S) groups is 1. The molecule has 17 heavy (non-hydrogen) atoms. The van der Waals surface area contributed by atoms with Crippen molar-refractivity contribution in [1.29, 1.82) is 0 Å². The molecule has 0 radical (unpaired) electrons. The van der Waals surface area contributed by atoms with Crippen molar-refractivity contribution in [3.05, 3.63) is 29.3 Å². The van der Waals surface area contributed by atoms with Crippen molar-refractivity contribution in [1.82, 2.24) is 10.2 Å². The molecule has 3 nitrogen and oxygen atoms in total. The lowest BCUT2D eigenvalue weighted by atomic mass is 9.90. The quantitative estimate of drug-likeness (QED) is 0.712. The van der Waals surface area contributed by atoms with Gasteiger partial charge in [0.15, 0.2) is 10.8 Å². The molecule has 1 saturated heterocycles. The first-order valence-electron chi connectivity index (χ1n) is 5.84. The van der Waals surface area contributed by atoms with Crippen LogP contribution >= 0.6 is 12.2 Å². The molecule has 0 amide bonds. The Bertz CT molecular complexity index is 502. The summed E-state index contributed by atoms with van der Waals surface area (Å²) in [6.07, 6.45) is 0.917. The molecule has 1 fully saturated rings. The maximum atomic E-state index is 6.20. The molecule has 3 rings (SSSR count). The lowest BCUT2D eigenvalue weighted by Gasteiger charge is -2.51. The number of aryl methyl sites for hydroxylation is 1. The zero-order valence-corrected chi connectivity index (χ0v) is 11.1. The first-order valence-corrected chi connectivity index (χ1v) is 6.25. The van der Waals surface area contributed by atoms with Crippen LogP contribution in [0.4, 0.5) is 0 Å². The lowest BCUT2D eigenvalue weighted by Crippen LogP contribution is -2.63. The van der Waals surface area contributed by atoms with Crippen molar-refractivity contribution in [2.24, 2.45) is 0 Å². The van der Waals surface area contributed by atoms with Crippen LogP contribution in [-0.4, -0.2) is 22.8 Å². The minimum Gasteiger partial charge on any atom is -0.467 e. The summed E-state index contributed by atoms with van der Waals surface area (Å²) in [7, 11) is 1.98. The maximum Gasteiger partial charge on any atom is 0.184 e. The van der Waals surface area contributed by atoms with Gasteiger partial charge < -0.3 is 15.0 Å². The number of hydrogen-bond acceptors (Lipinski definition) is 2. The van der Waals surface area contributed by atoms with Crippen LogP contribution in [0.2, 0.25) is 0 Å². The summed E-state index contributed by atoms with van der Waals surface area (Å²) in [4.78, 5) is 2.01. The zero-order valence-electron chi connectivity index (χ0n) is 10.3. The smallest absolute Gasteiger partial charge is 0.184 e. The molecule has 0 saturated carbocycles. The lowest BCUT2D eigenvalue weighted by molar-refractivity contribution is -0.0567. The Morgan fingerprint density at radius 2 is 2.29 bits per heavy atom. The van der Waals surface area contributed by atoms with E-state index in [0.717, 1.165) is 17.3 Å². The van der Waals surface area contributed by atoms with E-state index in [9.17, 15) is 0 Å². The average Bonchev–Trinajstić information content (AvgIpc) is 2.28. The third-order valence-corrected chi connectivity index (χ3v) is 4.23. The Morgan fingerprint density at radius 3 is 3.06 bits per heavy atom. The van der Waals surface area contributed by atoms with Gasteiger partial charge in [0, 0.05) is 19.0 Å². The number of benzene rings is 1. The van der Waals surface area contributed by atoms with Crippen molar-refractivity contribution in [2.75, 3.05) is 7.05 Å². The number of nitrogens with zero attached hydrogens (tertiary/aromatic N) is 1. The summed E-state index contributed by atoms with van der Waals surface area (Å²) in [5, 5.41) is 4.14. The van der Waals surface area contributed by atoms with E-state index in [-0.39, 0.29) is 11.8 Å². The molecule has 1 aromatic carbocycles. The predicted molar refractivity (Wildman–Crippen MR) is 71.1 cm³/mol. The summed E-state index contributed by atoms with van der Waals surface area (Å²) < 4.78 is 6.20. The summed E-state index contributed by atoms with van der Waals surface area (Å²) in [5.74, 6) is 1.01. The fourth-order valence-electron chi connectivity index (χ4n) is 2.63. The van der Waals surface area contributed by atoms with E-state index in [0.29, 0.717) is 0 Å². The average molecular weight is 248 g/mol. The first kappa shape index (κ1) is 10.8. The van der Waals surface area contributed by atoms with Crippen LogP contribution in [0.1, 0.15) is 30.5 Å². The second-order valence-electron chi connectivity index (χ2n) is 5.04. The predicted octanol–water partition coefficient (Wildman–Crippen LogP) is 2.35. The van der Waals surface area contributed by atoms with Gasteiger partial charge in [0.05, 0.1) is 6.04 Å². The minimum atomic E-state index is -0.327. The molecule has 0 spiro atoms. The number of hydrogen-bond donors (Lipinski definition) is 1. The highest BCUT2D eigenvalue weighted by Crippen LogP contribution is 2.44. The Labute approximate surface area is 107 Å². The number of nitrogens with one attached hydrogen (secondary N) is 1. The van der Waals surface area contributed by atoms with Crippen LogP contribution < -0.4 is 10.1 Å². The highest BCUT2D eigenvalue weighted by Gasteiger charge is 2.46. The van der Waals surface area contributed by atoms with Gasteiger partial charge in [0.2, 0.25) is 0 Å². The van der Waals surface area contributed by atoms with Gasteiger partial charge in [-0.05, 0) is 31.6 Å². The Hall–Kier alpha value is -1.29. The molecule has 2 heterocycles. The van der Waals surface area contributed by atoms with Gasteiger partial charge in [-0.15, -0.1) is 0 Å². The number of rotatable bonds is 0. The molecule has 90 valence electrons. The molecule has 0 aliphatic carbocycles. The molecule has 2 bridgehead atoms. The van der Waals surface area contributed by atoms with E-state index in [4.69, 9.17) is 17.0 Å². The fourth-order valence-corrected chi connectivity index (χ4v) is 2.97. The van der Waals surface area contributed by atoms with E-state index < -0.39 is 0 Å². The highest BCUT2D eigenvalue weighted by molar-refractivity contribution is 7.80. The van der Waals surface area contributed by atoms with E-state index in [1.165, 1.54) is 11.1 Å². The molecule has 2 aliphatic heterocycles. The van der Waals surface area contributed by atoms with Crippen LogP contribution in [0.15, 0.2) is 18.2 Å². The molecule has 1 N–H and O–H groups in total. The number of fused-ring (bicyclic) bond motifs is 4. The topological polar surface area (TPSA) is 24.5 Å². The minimum absolute atomic E-state index is 0.271. The molecule has 2 unspecified atom stereocenters. The number of para-hydroxylation sites is 1. The standard InChI is InChI=1S/C13H16N2OS/c1-8-5-4-6-9-10-7-13(2,16-11(8)9)15(3)12(17)14-10/h4-6,10H,7H2,1-3H3,(H,14,17). The van der Waals surface area contributed by atoms with Gasteiger partial charge in [0.25, 0.3) is 0 Å². The van der Waals surface area contributed by atoms with E-state index in [1.54, 1.807) is 0 Å². The SMILES string of the molecule is Cc1cccc2c1OC1(C)CC2NC(=S)N1C. The van der Waals surface area contributed by atoms with Crippen LogP contribution in [-0.2, 0) is 0 Å².